The van der Waals surface area contributed by atoms with Crippen LogP contribution in [-0.4, -0.2) is 48.9 Å². The highest BCUT2D eigenvalue weighted by Gasteiger charge is 2.28. The summed E-state index contributed by atoms with van der Waals surface area (Å²) in [5.74, 6) is 0.734. The molecule has 2 saturated heterocycles. The Morgan fingerprint density at radius 2 is 2.24 bits per heavy atom. The van der Waals surface area contributed by atoms with Gasteiger partial charge in [-0.25, -0.2) is 0 Å². The van der Waals surface area contributed by atoms with E-state index in [2.05, 4.69) is 10.6 Å². The molecule has 2 heterocycles. The quantitative estimate of drug-likeness (QED) is 0.712. The SMILES string of the molecule is CC(=O)NC1CCN(C(=O)CC2CCNC2)C1. The summed E-state index contributed by atoms with van der Waals surface area (Å²) < 4.78 is 0. The highest BCUT2D eigenvalue weighted by Crippen LogP contribution is 2.17. The highest BCUT2D eigenvalue weighted by molar-refractivity contribution is 5.77. The van der Waals surface area contributed by atoms with Gasteiger partial charge in [0.2, 0.25) is 11.8 Å². The van der Waals surface area contributed by atoms with E-state index in [1.165, 1.54) is 6.92 Å². The Kier molecular flexibility index (Phi) is 3.99. The maximum atomic E-state index is 12.0. The summed E-state index contributed by atoms with van der Waals surface area (Å²) in [5.41, 5.74) is 0. The molecule has 0 bridgehead atoms. The van der Waals surface area contributed by atoms with Gasteiger partial charge in [0, 0.05) is 32.5 Å². The van der Waals surface area contributed by atoms with Crippen LogP contribution >= 0.6 is 0 Å². The third kappa shape index (κ3) is 3.43. The van der Waals surface area contributed by atoms with Crippen LogP contribution < -0.4 is 10.6 Å². The van der Waals surface area contributed by atoms with E-state index in [-0.39, 0.29) is 17.9 Å². The van der Waals surface area contributed by atoms with E-state index in [1.807, 2.05) is 4.90 Å². The van der Waals surface area contributed by atoms with Crippen molar-refractivity contribution in [2.24, 2.45) is 5.92 Å². The van der Waals surface area contributed by atoms with E-state index in [9.17, 15) is 9.59 Å². The van der Waals surface area contributed by atoms with E-state index in [0.29, 0.717) is 18.9 Å². The summed E-state index contributed by atoms with van der Waals surface area (Å²) in [4.78, 5) is 24.8. The number of nitrogens with one attached hydrogen (secondary N) is 2. The van der Waals surface area contributed by atoms with Crippen molar-refractivity contribution >= 4 is 11.8 Å². The zero-order chi connectivity index (χ0) is 12.3. The Labute approximate surface area is 102 Å². The number of rotatable bonds is 3. The Bertz CT molecular complexity index is 300. The van der Waals surface area contributed by atoms with Crippen LogP contribution in [0.4, 0.5) is 0 Å². The normalized spacial score (nSPS) is 28.4. The van der Waals surface area contributed by atoms with E-state index in [1.54, 1.807) is 0 Å². The first-order valence-corrected chi connectivity index (χ1v) is 6.40. The lowest BCUT2D eigenvalue weighted by Gasteiger charge is -2.18. The number of hydrogen-bond donors (Lipinski definition) is 2. The van der Waals surface area contributed by atoms with Gasteiger partial charge in [0.15, 0.2) is 0 Å². The molecule has 0 radical (unpaired) electrons. The topological polar surface area (TPSA) is 61.4 Å². The third-order valence-electron chi connectivity index (χ3n) is 3.57. The third-order valence-corrected chi connectivity index (χ3v) is 3.57. The van der Waals surface area contributed by atoms with Crippen LogP contribution in [0.5, 0.6) is 0 Å². The second kappa shape index (κ2) is 5.49. The summed E-state index contributed by atoms with van der Waals surface area (Å²) in [5, 5.41) is 6.15. The van der Waals surface area contributed by atoms with Gasteiger partial charge in [-0.05, 0) is 31.8 Å². The van der Waals surface area contributed by atoms with Gasteiger partial charge in [0.05, 0.1) is 0 Å². The minimum atomic E-state index is -0.00991. The minimum Gasteiger partial charge on any atom is -0.352 e. The molecule has 2 aliphatic heterocycles. The lowest BCUT2D eigenvalue weighted by Crippen LogP contribution is -2.37. The molecule has 0 aromatic heterocycles. The number of amides is 2. The Balaban J connectivity index is 1.75. The molecule has 2 atom stereocenters. The van der Waals surface area contributed by atoms with Crippen LogP contribution in [0.3, 0.4) is 0 Å². The number of likely N-dealkylation sites (tertiary alicyclic amines) is 1. The highest BCUT2D eigenvalue weighted by atomic mass is 16.2. The van der Waals surface area contributed by atoms with Crippen molar-refractivity contribution in [1.29, 1.82) is 0 Å². The first-order valence-electron chi connectivity index (χ1n) is 6.40. The van der Waals surface area contributed by atoms with Gasteiger partial charge in [-0.15, -0.1) is 0 Å². The molecule has 96 valence electrons. The van der Waals surface area contributed by atoms with E-state index >= 15 is 0 Å². The van der Waals surface area contributed by atoms with E-state index in [0.717, 1.165) is 32.5 Å². The Hall–Kier alpha value is -1.10. The van der Waals surface area contributed by atoms with E-state index in [4.69, 9.17) is 0 Å². The molecule has 0 spiro atoms. The molecule has 2 fully saturated rings. The van der Waals surface area contributed by atoms with Crippen molar-refractivity contribution in [2.75, 3.05) is 26.2 Å². The fraction of sp³-hybridized carbons (Fsp3) is 0.833. The van der Waals surface area contributed by atoms with Gasteiger partial charge in [0.1, 0.15) is 0 Å². The Morgan fingerprint density at radius 3 is 2.88 bits per heavy atom. The van der Waals surface area contributed by atoms with Crippen molar-refractivity contribution in [3.63, 3.8) is 0 Å². The predicted molar refractivity (Wildman–Crippen MR) is 64.4 cm³/mol. The van der Waals surface area contributed by atoms with Gasteiger partial charge in [-0.2, -0.15) is 0 Å². The molecular weight excluding hydrogens is 218 g/mol. The number of carbonyl (C=O) groups excluding carboxylic acids is 2. The lowest BCUT2D eigenvalue weighted by molar-refractivity contribution is -0.131. The summed E-state index contributed by atoms with van der Waals surface area (Å²) >= 11 is 0. The second-order valence-corrected chi connectivity index (χ2v) is 5.09. The molecule has 2 rings (SSSR count). The summed E-state index contributed by atoms with van der Waals surface area (Å²) in [7, 11) is 0. The minimum absolute atomic E-state index is 0.00991. The van der Waals surface area contributed by atoms with Gasteiger partial charge >= 0.3 is 0 Å². The van der Waals surface area contributed by atoms with Crippen molar-refractivity contribution in [2.45, 2.75) is 32.2 Å². The van der Waals surface area contributed by atoms with E-state index < -0.39 is 0 Å². The van der Waals surface area contributed by atoms with Crippen LogP contribution in [0.1, 0.15) is 26.2 Å². The lowest BCUT2D eigenvalue weighted by atomic mass is 10.0. The number of carbonyl (C=O) groups is 2. The van der Waals surface area contributed by atoms with Crippen LogP contribution in [0.2, 0.25) is 0 Å². The molecule has 2 aliphatic rings. The standard InChI is InChI=1S/C12H21N3O2/c1-9(16)14-11-3-5-15(8-11)12(17)6-10-2-4-13-7-10/h10-11,13H,2-8H2,1H3,(H,14,16). The first kappa shape index (κ1) is 12.4. The van der Waals surface area contributed by atoms with Crippen molar-refractivity contribution < 1.29 is 9.59 Å². The molecule has 0 aromatic rings. The van der Waals surface area contributed by atoms with Gasteiger partial charge in [-0.1, -0.05) is 0 Å². The predicted octanol–water partition coefficient (Wildman–Crippen LogP) is -0.277. The molecule has 17 heavy (non-hydrogen) atoms. The summed E-state index contributed by atoms with van der Waals surface area (Å²) in [6.07, 6.45) is 2.64. The summed E-state index contributed by atoms with van der Waals surface area (Å²) in [6, 6.07) is 0.151. The zero-order valence-electron chi connectivity index (χ0n) is 10.4. The second-order valence-electron chi connectivity index (χ2n) is 5.09. The molecule has 2 amide bonds. The van der Waals surface area contributed by atoms with Crippen LogP contribution in [0.25, 0.3) is 0 Å². The van der Waals surface area contributed by atoms with Crippen molar-refractivity contribution in [1.82, 2.24) is 15.5 Å². The smallest absolute Gasteiger partial charge is 0.222 e. The molecule has 2 N–H and O–H groups in total. The van der Waals surface area contributed by atoms with Crippen molar-refractivity contribution in [3.8, 4) is 0 Å². The van der Waals surface area contributed by atoms with Gasteiger partial charge in [-0.3, -0.25) is 9.59 Å². The average Bonchev–Trinajstić information content (AvgIpc) is 2.87. The van der Waals surface area contributed by atoms with Crippen LogP contribution in [0.15, 0.2) is 0 Å². The monoisotopic (exact) mass is 239 g/mol. The molecule has 5 heteroatoms. The molecule has 0 saturated carbocycles. The van der Waals surface area contributed by atoms with Crippen LogP contribution in [0, 0.1) is 5.92 Å². The maximum Gasteiger partial charge on any atom is 0.222 e. The van der Waals surface area contributed by atoms with Gasteiger partial charge < -0.3 is 15.5 Å². The maximum absolute atomic E-state index is 12.0. The molecular formula is C12H21N3O2. The number of hydrogen-bond acceptors (Lipinski definition) is 3. The number of nitrogens with zero attached hydrogens (tertiary/aromatic N) is 1. The first-order chi connectivity index (χ1) is 8.15. The summed E-state index contributed by atoms with van der Waals surface area (Å²) in [6.45, 7) is 4.98. The molecule has 2 unspecified atom stereocenters. The average molecular weight is 239 g/mol. The molecule has 0 aliphatic carbocycles. The van der Waals surface area contributed by atoms with Crippen LogP contribution in [-0.2, 0) is 9.59 Å². The Morgan fingerprint density at radius 1 is 1.41 bits per heavy atom. The fourth-order valence-electron chi connectivity index (χ4n) is 2.66. The zero-order valence-corrected chi connectivity index (χ0v) is 10.4. The fourth-order valence-corrected chi connectivity index (χ4v) is 2.66. The molecule has 5 nitrogen and oxygen atoms in total. The largest absolute Gasteiger partial charge is 0.352 e. The van der Waals surface area contributed by atoms with Crippen molar-refractivity contribution in [3.05, 3.63) is 0 Å². The van der Waals surface area contributed by atoms with Gasteiger partial charge in [0.25, 0.3) is 0 Å². The molecule has 0 aromatic carbocycles.